The zero-order valence-electron chi connectivity index (χ0n) is 31.9. The van der Waals surface area contributed by atoms with Crippen LogP contribution in [0.3, 0.4) is 0 Å². The molecule has 0 unspecified atom stereocenters. The molecule has 1 aromatic heterocycles. The zero-order chi connectivity index (χ0) is 38.1. The molecule has 1 aliphatic rings. The average molecular weight is 727 g/mol. The van der Waals surface area contributed by atoms with Crippen LogP contribution >= 0.6 is 0 Å². The second kappa shape index (κ2) is 13.0. The second-order valence-corrected chi connectivity index (χ2v) is 15.7. The van der Waals surface area contributed by atoms with Crippen LogP contribution in [-0.4, -0.2) is 9.97 Å². The summed E-state index contributed by atoms with van der Waals surface area (Å²) >= 11 is 0. The molecule has 0 amide bonds. The van der Waals surface area contributed by atoms with E-state index < -0.39 is 0 Å². The van der Waals surface area contributed by atoms with Crippen molar-refractivity contribution in [1.82, 2.24) is 9.97 Å². The molecular weight excluding hydrogens is 689 g/mol. The summed E-state index contributed by atoms with van der Waals surface area (Å²) < 4.78 is 0. The van der Waals surface area contributed by atoms with E-state index >= 15 is 0 Å². The van der Waals surface area contributed by atoms with Crippen molar-refractivity contribution >= 4 is 32.3 Å². The molecule has 0 spiro atoms. The van der Waals surface area contributed by atoms with Gasteiger partial charge in [-0.25, -0.2) is 9.97 Å². The van der Waals surface area contributed by atoms with E-state index in [9.17, 15) is 0 Å². The molecule has 11 rings (SSSR count). The standard InChI is InChI=1S/C55H38N2/c1-55(2)52-41-21-9-8-16-36(41)29-30-48(52)47-26-14-25-46(53(47)55)44-31-32-49(43-23-12-11-22-42(43)44)54-56-50(37-17-4-3-5-18-37)34-51(57-54)45-24-13-10-20-40(45)39-28-27-35-15-6-7-19-38(35)33-39/h3-34H,1-2H3. The molecule has 1 heterocycles. The lowest BCUT2D eigenvalue weighted by Crippen LogP contribution is -2.17. The van der Waals surface area contributed by atoms with Crippen LogP contribution in [0.5, 0.6) is 0 Å². The first-order valence-electron chi connectivity index (χ1n) is 19.7. The van der Waals surface area contributed by atoms with Gasteiger partial charge < -0.3 is 0 Å². The maximum atomic E-state index is 5.43. The van der Waals surface area contributed by atoms with E-state index in [1.54, 1.807) is 0 Å². The van der Waals surface area contributed by atoms with Crippen LogP contribution in [0.2, 0.25) is 0 Å². The van der Waals surface area contributed by atoms with Gasteiger partial charge in [-0.1, -0.05) is 190 Å². The highest BCUT2D eigenvalue weighted by atomic mass is 14.9. The highest BCUT2D eigenvalue weighted by Crippen LogP contribution is 2.55. The van der Waals surface area contributed by atoms with Gasteiger partial charge in [-0.05, 0) is 95.0 Å². The minimum absolute atomic E-state index is 0.192. The first-order valence-corrected chi connectivity index (χ1v) is 19.7. The molecule has 10 aromatic rings. The van der Waals surface area contributed by atoms with Gasteiger partial charge >= 0.3 is 0 Å². The first-order chi connectivity index (χ1) is 28.0. The Hall–Kier alpha value is -7.16. The van der Waals surface area contributed by atoms with Gasteiger partial charge in [0.05, 0.1) is 11.4 Å². The number of fused-ring (bicyclic) bond motifs is 7. The van der Waals surface area contributed by atoms with Gasteiger partial charge in [0.25, 0.3) is 0 Å². The molecule has 0 saturated heterocycles. The number of benzene rings is 9. The fourth-order valence-electron chi connectivity index (χ4n) is 9.48. The summed E-state index contributed by atoms with van der Waals surface area (Å²) in [6, 6.07) is 70.0. The van der Waals surface area contributed by atoms with Crippen molar-refractivity contribution in [3.05, 3.63) is 205 Å². The number of aromatic nitrogens is 2. The summed E-state index contributed by atoms with van der Waals surface area (Å²) in [5.41, 5.74) is 15.0. The summed E-state index contributed by atoms with van der Waals surface area (Å²) in [4.78, 5) is 10.7. The molecule has 57 heavy (non-hydrogen) atoms. The molecule has 0 aliphatic heterocycles. The molecule has 1 aliphatic carbocycles. The predicted molar refractivity (Wildman–Crippen MR) is 239 cm³/mol. The lowest BCUT2D eigenvalue weighted by Gasteiger charge is -2.26. The van der Waals surface area contributed by atoms with Gasteiger partial charge in [-0.3, -0.25) is 0 Å². The van der Waals surface area contributed by atoms with Gasteiger partial charge in [0.1, 0.15) is 0 Å². The van der Waals surface area contributed by atoms with Crippen LogP contribution in [0.15, 0.2) is 194 Å². The number of hydrogen-bond acceptors (Lipinski definition) is 2. The summed E-state index contributed by atoms with van der Waals surface area (Å²) in [6.07, 6.45) is 0. The van der Waals surface area contributed by atoms with Crippen molar-refractivity contribution in [2.75, 3.05) is 0 Å². The second-order valence-electron chi connectivity index (χ2n) is 15.7. The largest absolute Gasteiger partial charge is 0.228 e. The molecule has 2 nitrogen and oxygen atoms in total. The van der Waals surface area contributed by atoms with E-state index in [1.165, 1.54) is 60.3 Å². The van der Waals surface area contributed by atoms with Crippen molar-refractivity contribution in [2.24, 2.45) is 0 Å². The summed E-state index contributed by atoms with van der Waals surface area (Å²) in [5, 5.41) is 7.37. The Balaban J connectivity index is 1.10. The smallest absolute Gasteiger partial charge is 0.161 e. The summed E-state index contributed by atoms with van der Waals surface area (Å²) in [7, 11) is 0. The monoisotopic (exact) mass is 726 g/mol. The third-order valence-corrected chi connectivity index (χ3v) is 12.0. The number of hydrogen-bond donors (Lipinski definition) is 0. The highest BCUT2D eigenvalue weighted by molar-refractivity contribution is 6.07. The quantitative estimate of drug-likeness (QED) is 0.176. The predicted octanol–water partition coefficient (Wildman–Crippen LogP) is 14.6. The lowest BCUT2D eigenvalue weighted by atomic mass is 9.77. The van der Waals surface area contributed by atoms with Crippen molar-refractivity contribution in [3.8, 4) is 67.3 Å². The third kappa shape index (κ3) is 5.33. The van der Waals surface area contributed by atoms with Gasteiger partial charge in [-0.2, -0.15) is 0 Å². The molecule has 0 bridgehead atoms. The molecular formula is C55H38N2. The number of rotatable bonds is 5. The van der Waals surface area contributed by atoms with E-state index in [1.807, 2.05) is 0 Å². The van der Waals surface area contributed by atoms with E-state index in [-0.39, 0.29) is 5.41 Å². The molecule has 2 heteroatoms. The Morgan fingerprint density at radius 3 is 1.67 bits per heavy atom. The maximum absolute atomic E-state index is 5.43. The molecule has 9 aromatic carbocycles. The van der Waals surface area contributed by atoms with Gasteiger partial charge in [-0.15, -0.1) is 0 Å². The third-order valence-electron chi connectivity index (χ3n) is 12.0. The van der Waals surface area contributed by atoms with E-state index in [0.29, 0.717) is 5.82 Å². The topological polar surface area (TPSA) is 25.8 Å². The van der Waals surface area contributed by atoms with Crippen LogP contribution < -0.4 is 0 Å². The van der Waals surface area contributed by atoms with Crippen LogP contribution in [0.4, 0.5) is 0 Å². The maximum Gasteiger partial charge on any atom is 0.161 e. The van der Waals surface area contributed by atoms with Crippen molar-refractivity contribution in [3.63, 3.8) is 0 Å². The van der Waals surface area contributed by atoms with Gasteiger partial charge in [0.15, 0.2) is 5.82 Å². The fraction of sp³-hybridized carbons (Fsp3) is 0.0545. The Morgan fingerprint density at radius 1 is 0.316 bits per heavy atom. The van der Waals surface area contributed by atoms with Crippen molar-refractivity contribution in [1.29, 1.82) is 0 Å². The van der Waals surface area contributed by atoms with Crippen LogP contribution in [-0.2, 0) is 5.41 Å². The van der Waals surface area contributed by atoms with Crippen molar-refractivity contribution in [2.45, 2.75) is 19.3 Å². The fourth-order valence-corrected chi connectivity index (χ4v) is 9.48. The highest BCUT2D eigenvalue weighted by Gasteiger charge is 2.39. The zero-order valence-corrected chi connectivity index (χ0v) is 31.9. The Labute approximate surface area is 332 Å². The Bertz CT molecular complexity index is 3210. The average Bonchev–Trinajstić information content (AvgIpc) is 3.52. The molecule has 0 atom stereocenters. The van der Waals surface area contributed by atoms with Gasteiger partial charge in [0, 0.05) is 22.1 Å². The van der Waals surface area contributed by atoms with Crippen LogP contribution in [0.25, 0.3) is 99.6 Å². The normalized spacial score (nSPS) is 12.9. The lowest BCUT2D eigenvalue weighted by molar-refractivity contribution is 0.668. The van der Waals surface area contributed by atoms with E-state index in [2.05, 4.69) is 208 Å². The summed E-state index contributed by atoms with van der Waals surface area (Å²) in [5.74, 6) is 0.708. The van der Waals surface area contributed by atoms with E-state index in [4.69, 9.17) is 9.97 Å². The molecule has 0 radical (unpaired) electrons. The SMILES string of the molecule is CC1(C)c2c(cccc2-c2ccc(-c3nc(-c4ccccc4)cc(-c4ccccc4-c4ccc5ccccc5c4)n3)c3ccccc23)-c2ccc3ccccc3c21. The van der Waals surface area contributed by atoms with Gasteiger partial charge in [0.2, 0.25) is 0 Å². The van der Waals surface area contributed by atoms with E-state index in [0.717, 1.165) is 44.6 Å². The Morgan fingerprint density at radius 2 is 0.860 bits per heavy atom. The summed E-state index contributed by atoms with van der Waals surface area (Å²) in [6.45, 7) is 4.79. The molecule has 0 fully saturated rings. The Kier molecular flexibility index (Phi) is 7.55. The molecule has 0 N–H and O–H groups in total. The molecule has 0 saturated carbocycles. The van der Waals surface area contributed by atoms with Crippen LogP contribution in [0, 0.1) is 0 Å². The van der Waals surface area contributed by atoms with Crippen LogP contribution in [0.1, 0.15) is 25.0 Å². The van der Waals surface area contributed by atoms with Crippen molar-refractivity contribution < 1.29 is 0 Å². The first kappa shape index (κ1) is 33.2. The minimum Gasteiger partial charge on any atom is -0.228 e. The number of nitrogens with zero attached hydrogens (tertiary/aromatic N) is 2. The molecule has 268 valence electrons. The minimum atomic E-state index is -0.192.